The van der Waals surface area contributed by atoms with Crippen LogP contribution in [0, 0.1) is 0 Å². The van der Waals surface area contributed by atoms with Crippen molar-refractivity contribution < 1.29 is 14.6 Å². The molecule has 0 amide bonds. The number of fused-ring (bicyclic) bond motifs is 1. The Bertz CT molecular complexity index is 393. The van der Waals surface area contributed by atoms with Crippen molar-refractivity contribution in [3.05, 3.63) is 12.2 Å². The summed E-state index contributed by atoms with van der Waals surface area (Å²) < 4.78 is 7.17. The first-order valence-electron chi connectivity index (χ1n) is 5.64. The molecule has 0 saturated heterocycles. The van der Waals surface area contributed by atoms with Gasteiger partial charge < -0.3 is 14.4 Å². The monoisotopic (exact) mass is 240 g/mol. The largest absolute Gasteiger partial charge is 0.479 e. The molecule has 7 heteroatoms. The third-order valence-electron chi connectivity index (χ3n) is 2.79. The van der Waals surface area contributed by atoms with E-state index in [4.69, 9.17) is 9.84 Å². The minimum atomic E-state index is -0.918. The standard InChI is InChI=1S/C10H16N4O3/c1-2-17-8(10(15)16)5-13-3-4-14-7-11-12-9(14)6-13/h7-8H,2-6H2,1H3,(H,15,16). The molecule has 0 saturated carbocycles. The SMILES string of the molecule is CCOC(CN1CCn2cnnc2C1)C(=O)O. The molecule has 2 rings (SSSR count). The topological polar surface area (TPSA) is 80.5 Å². The Morgan fingerprint density at radius 1 is 1.65 bits per heavy atom. The number of carbonyl (C=O) groups is 1. The molecule has 1 aromatic rings. The molecule has 1 aromatic heterocycles. The molecule has 0 spiro atoms. The van der Waals surface area contributed by atoms with Gasteiger partial charge in [0.2, 0.25) is 0 Å². The van der Waals surface area contributed by atoms with Gasteiger partial charge in [0.1, 0.15) is 12.2 Å². The molecule has 0 fully saturated rings. The van der Waals surface area contributed by atoms with E-state index >= 15 is 0 Å². The fourth-order valence-corrected chi connectivity index (χ4v) is 1.91. The Hall–Kier alpha value is -1.47. The molecule has 1 atom stereocenters. The number of aliphatic carboxylic acids is 1. The van der Waals surface area contributed by atoms with E-state index in [-0.39, 0.29) is 0 Å². The van der Waals surface area contributed by atoms with E-state index in [1.807, 2.05) is 9.47 Å². The van der Waals surface area contributed by atoms with Crippen molar-refractivity contribution in [1.82, 2.24) is 19.7 Å². The van der Waals surface area contributed by atoms with Crippen LogP contribution in [0.2, 0.25) is 0 Å². The molecular weight excluding hydrogens is 224 g/mol. The average Bonchev–Trinajstić information content (AvgIpc) is 2.75. The number of rotatable bonds is 5. The fraction of sp³-hybridized carbons (Fsp3) is 0.700. The molecule has 17 heavy (non-hydrogen) atoms. The van der Waals surface area contributed by atoms with Crippen molar-refractivity contribution in [2.75, 3.05) is 19.7 Å². The Kier molecular flexibility index (Phi) is 3.70. The molecule has 1 N–H and O–H groups in total. The molecule has 0 aliphatic carbocycles. The highest BCUT2D eigenvalue weighted by molar-refractivity contribution is 5.72. The van der Waals surface area contributed by atoms with Crippen LogP contribution in [-0.4, -0.2) is 56.5 Å². The van der Waals surface area contributed by atoms with Crippen molar-refractivity contribution in [2.24, 2.45) is 0 Å². The average molecular weight is 240 g/mol. The number of hydrogen-bond acceptors (Lipinski definition) is 5. The number of carboxylic acids is 1. The summed E-state index contributed by atoms with van der Waals surface area (Å²) in [6.45, 7) is 4.79. The zero-order valence-electron chi connectivity index (χ0n) is 9.74. The highest BCUT2D eigenvalue weighted by Crippen LogP contribution is 2.10. The molecule has 0 aromatic carbocycles. The van der Waals surface area contributed by atoms with Gasteiger partial charge in [-0.05, 0) is 6.92 Å². The number of ether oxygens (including phenoxy) is 1. The number of nitrogens with zero attached hydrogens (tertiary/aromatic N) is 4. The van der Waals surface area contributed by atoms with E-state index < -0.39 is 12.1 Å². The van der Waals surface area contributed by atoms with Gasteiger partial charge in [0, 0.05) is 26.2 Å². The summed E-state index contributed by atoms with van der Waals surface area (Å²) in [6.07, 6.45) is 0.929. The first kappa shape index (κ1) is 12.0. The first-order chi connectivity index (χ1) is 8.20. The minimum absolute atomic E-state index is 0.385. The van der Waals surface area contributed by atoms with Crippen LogP contribution in [0.25, 0.3) is 0 Å². The lowest BCUT2D eigenvalue weighted by Crippen LogP contribution is -2.42. The predicted molar refractivity (Wildman–Crippen MR) is 58.3 cm³/mol. The first-order valence-corrected chi connectivity index (χ1v) is 5.64. The van der Waals surface area contributed by atoms with E-state index in [1.165, 1.54) is 0 Å². The number of hydrogen-bond donors (Lipinski definition) is 1. The zero-order chi connectivity index (χ0) is 12.3. The lowest BCUT2D eigenvalue weighted by atomic mass is 10.3. The van der Waals surface area contributed by atoms with Gasteiger partial charge in [-0.15, -0.1) is 10.2 Å². The van der Waals surface area contributed by atoms with E-state index in [1.54, 1.807) is 13.3 Å². The molecule has 0 bridgehead atoms. The van der Waals surface area contributed by atoms with Crippen LogP contribution in [0.5, 0.6) is 0 Å². The summed E-state index contributed by atoms with van der Waals surface area (Å²) in [5.41, 5.74) is 0. The van der Waals surface area contributed by atoms with E-state index in [0.29, 0.717) is 19.7 Å². The van der Waals surface area contributed by atoms with Gasteiger partial charge in [-0.2, -0.15) is 0 Å². The highest BCUT2D eigenvalue weighted by atomic mass is 16.5. The lowest BCUT2D eigenvalue weighted by molar-refractivity contribution is -0.151. The van der Waals surface area contributed by atoms with Crippen molar-refractivity contribution in [3.8, 4) is 0 Å². The molecule has 2 heterocycles. The Balaban J connectivity index is 1.94. The Morgan fingerprint density at radius 3 is 3.18 bits per heavy atom. The van der Waals surface area contributed by atoms with E-state index in [0.717, 1.165) is 18.9 Å². The second kappa shape index (κ2) is 5.24. The molecule has 7 nitrogen and oxygen atoms in total. The van der Waals surface area contributed by atoms with Gasteiger partial charge in [-0.25, -0.2) is 4.79 Å². The summed E-state index contributed by atoms with van der Waals surface area (Å²) in [4.78, 5) is 13.0. The van der Waals surface area contributed by atoms with Crippen LogP contribution in [0.15, 0.2) is 6.33 Å². The summed E-state index contributed by atoms with van der Waals surface area (Å²) in [7, 11) is 0. The minimum Gasteiger partial charge on any atom is -0.479 e. The summed E-state index contributed by atoms with van der Waals surface area (Å²) >= 11 is 0. The Labute approximate surface area is 99.0 Å². The van der Waals surface area contributed by atoms with Crippen LogP contribution < -0.4 is 0 Å². The van der Waals surface area contributed by atoms with Gasteiger partial charge >= 0.3 is 5.97 Å². The van der Waals surface area contributed by atoms with Gasteiger partial charge in [0.15, 0.2) is 6.10 Å². The molecular formula is C10H16N4O3. The van der Waals surface area contributed by atoms with E-state index in [2.05, 4.69) is 10.2 Å². The van der Waals surface area contributed by atoms with Gasteiger partial charge in [0.05, 0.1) is 6.54 Å². The summed E-state index contributed by atoms with van der Waals surface area (Å²) in [5.74, 6) is -0.0456. The van der Waals surface area contributed by atoms with Crippen molar-refractivity contribution in [3.63, 3.8) is 0 Å². The maximum Gasteiger partial charge on any atom is 0.334 e. The van der Waals surface area contributed by atoms with Gasteiger partial charge in [-0.3, -0.25) is 4.90 Å². The molecule has 94 valence electrons. The van der Waals surface area contributed by atoms with Gasteiger partial charge in [-0.1, -0.05) is 0 Å². The highest BCUT2D eigenvalue weighted by Gasteiger charge is 2.24. The van der Waals surface area contributed by atoms with Crippen LogP contribution in [0.1, 0.15) is 12.7 Å². The number of aromatic nitrogens is 3. The van der Waals surface area contributed by atoms with Crippen molar-refractivity contribution >= 4 is 5.97 Å². The quantitative estimate of drug-likeness (QED) is 0.753. The normalized spacial score (nSPS) is 17.7. The van der Waals surface area contributed by atoms with E-state index in [9.17, 15) is 4.79 Å². The zero-order valence-corrected chi connectivity index (χ0v) is 9.74. The second-order valence-electron chi connectivity index (χ2n) is 3.96. The molecule has 1 unspecified atom stereocenters. The van der Waals surface area contributed by atoms with Crippen molar-refractivity contribution in [1.29, 1.82) is 0 Å². The van der Waals surface area contributed by atoms with Crippen LogP contribution in [-0.2, 0) is 22.6 Å². The lowest BCUT2D eigenvalue weighted by Gasteiger charge is -2.28. The van der Waals surface area contributed by atoms with Crippen LogP contribution in [0.4, 0.5) is 0 Å². The third-order valence-corrected chi connectivity index (χ3v) is 2.79. The molecule has 1 aliphatic heterocycles. The van der Waals surface area contributed by atoms with Crippen LogP contribution in [0.3, 0.4) is 0 Å². The second-order valence-corrected chi connectivity index (χ2v) is 3.96. The Morgan fingerprint density at radius 2 is 2.47 bits per heavy atom. The fourth-order valence-electron chi connectivity index (χ4n) is 1.91. The maximum absolute atomic E-state index is 11.0. The smallest absolute Gasteiger partial charge is 0.334 e. The van der Waals surface area contributed by atoms with Gasteiger partial charge in [0.25, 0.3) is 0 Å². The number of carboxylic acid groups (broad SMARTS) is 1. The molecule has 1 aliphatic rings. The summed E-state index contributed by atoms with van der Waals surface area (Å²) in [5, 5.41) is 16.8. The van der Waals surface area contributed by atoms with Crippen LogP contribution >= 0.6 is 0 Å². The molecule has 0 radical (unpaired) electrons. The predicted octanol–water partition coefficient (Wildman–Crippen LogP) is -0.417. The summed E-state index contributed by atoms with van der Waals surface area (Å²) in [6, 6.07) is 0. The third kappa shape index (κ3) is 2.80. The van der Waals surface area contributed by atoms with Crippen molar-refractivity contribution in [2.45, 2.75) is 26.1 Å². The maximum atomic E-state index is 11.0.